The number of hydrogen-bond acceptors (Lipinski definition) is 0. The number of halogens is 3. The standard InChI is InChI=1S/C69H63Si.3ClH.Ti/c1-44-41-60(54-29-17-11-18-30-54)67(51(8)63(44)57-35-23-14-24-36-57)70(66-49(6)47(4)48(5)50(66)7,68-52(9)64(58-37-25-15-26-38-58)45(2)42-61(68)55-31-19-12-20-32-55)69-53(10)65(59-39-27-16-28-40-59)46(3)43-62(69)56-33-21-13-22-34-56;;;;/h11-43H,1-10H3;3*1H;/q-1;;;;+4/p-3. The van der Waals surface area contributed by atoms with Gasteiger partial charge in [0.05, 0.1) is 0 Å². The summed E-state index contributed by atoms with van der Waals surface area (Å²) in [6.07, 6.45) is 0. The van der Waals surface area contributed by atoms with E-state index < -0.39 is 8.07 Å². The van der Waals surface area contributed by atoms with Crippen LogP contribution < -0.4 is 58.0 Å². The van der Waals surface area contributed by atoms with Crippen LogP contribution >= 0.6 is 0 Å². The van der Waals surface area contributed by atoms with Crippen molar-refractivity contribution < 1.29 is 58.9 Å². The summed E-state index contributed by atoms with van der Waals surface area (Å²) in [6, 6.07) is 75.2. The van der Waals surface area contributed by atoms with Crippen LogP contribution in [0.3, 0.4) is 0 Å². The maximum absolute atomic E-state index is 3.78. The van der Waals surface area contributed by atoms with Crippen molar-refractivity contribution in [1.82, 2.24) is 0 Å². The van der Waals surface area contributed by atoms with Gasteiger partial charge in [0.1, 0.15) is 8.07 Å². The van der Waals surface area contributed by atoms with Gasteiger partial charge < -0.3 is 37.2 Å². The molecule has 0 heterocycles. The SMILES string of the molecule is Cc1cc(-c2ccccc2)c([Si](c2c(-c3ccccc3)cc(C)c(-c3ccccc3)c2C)(c2c(-c3ccccc3)cc(C)c(-c3ccccc3)c2C)[c-]2c(C)c(C)c(C)c2C)c(C)c1-c1ccccc1.[Cl-].[Cl-].[Cl-].[Ti+4]. The molecule has 0 unspecified atom stereocenters. The summed E-state index contributed by atoms with van der Waals surface area (Å²) in [7, 11) is -3.78. The molecule has 10 aromatic rings. The second-order valence-corrected chi connectivity index (χ2v) is 23.2. The van der Waals surface area contributed by atoms with Gasteiger partial charge in [-0.05, 0) is 157 Å². The number of hydrogen-bond donors (Lipinski definition) is 0. The Labute approximate surface area is 475 Å². The van der Waals surface area contributed by atoms with E-state index in [4.69, 9.17) is 0 Å². The average molecular weight is 1070 g/mol. The van der Waals surface area contributed by atoms with Gasteiger partial charge in [0.2, 0.25) is 0 Å². The van der Waals surface area contributed by atoms with Gasteiger partial charge in [-0.1, -0.05) is 228 Å². The van der Waals surface area contributed by atoms with E-state index in [0.717, 1.165) is 0 Å². The van der Waals surface area contributed by atoms with Crippen molar-refractivity contribution >= 4 is 28.8 Å². The van der Waals surface area contributed by atoms with Crippen molar-refractivity contribution in [3.05, 3.63) is 256 Å². The van der Waals surface area contributed by atoms with E-state index in [1.54, 1.807) is 0 Å². The fraction of sp³-hybridized carbons (Fsp3) is 0.145. The zero-order valence-corrected chi connectivity index (χ0v) is 49.0. The van der Waals surface area contributed by atoms with Gasteiger partial charge in [-0.2, -0.15) is 22.3 Å². The second-order valence-electron chi connectivity index (χ2n) is 19.7. The first kappa shape index (κ1) is 57.4. The van der Waals surface area contributed by atoms with Crippen LogP contribution in [0.5, 0.6) is 0 Å². The molecule has 0 atom stereocenters. The van der Waals surface area contributed by atoms with Gasteiger partial charge in [-0.3, -0.25) is 0 Å². The molecule has 0 aliphatic rings. The van der Waals surface area contributed by atoms with Crippen LogP contribution in [0, 0.1) is 69.2 Å². The molecular formula is C69H63Cl3SiTi. The normalized spacial score (nSPS) is 10.9. The van der Waals surface area contributed by atoms with E-state index in [2.05, 4.69) is 269 Å². The van der Waals surface area contributed by atoms with E-state index in [1.807, 2.05) is 0 Å². The second kappa shape index (κ2) is 23.8. The summed E-state index contributed by atoms with van der Waals surface area (Å²) in [5, 5.41) is 5.85. The van der Waals surface area contributed by atoms with Crippen LogP contribution in [-0.4, -0.2) is 8.07 Å². The van der Waals surface area contributed by atoms with E-state index in [0.29, 0.717) is 0 Å². The maximum atomic E-state index is 2.56. The first-order chi connectivity index (χ1) is 33.9. The van der Waals surface area contributed by atoms with Crippen LogP contribution in [0.2, 0.25) is 0 Å². The molecule has 0 radical (unpaired) electrons. The molecule has 74 heavy (non-hydrogen) atoms. The largest absolute Gasteiger partial charge is 4.00 e. The maximum Gasteiger partial charge on any atom is 4.00 e. The van der Waals surface area contributed by atoms with Crippen molar-refractivity contribution in [3.8, 4) is 66.8 Å². The van der Waals surface area contributed by atoms with Gasteiger partial charge >= 0.3 is 21.7 Å². The molecular weight excluding hydrogens is 1010 g/mol. The molecule has 10 rings (SSSR count). The Balaban J connectivity index is 0.00000223. The predicted octanol–water partition coefficient (Wildman–Crippen LogP) is 6.88. The van der Waals surface area contributed by atoms with Crippen molar-refractivity contribution in [3.63, 3.8) is 0 Å². The number of rotatable bonds is 10. The zero-order chi connectivity index (χ0) is 48.8. The molecule has 0 aromatic heterocycles. The molecule has 0 aliphatic carbocycles. The van der Waals surface area contributed by atoms with Crippen LogP contribution in [0.1, 0.15) is 55.6 Å². The fourth-order valence-corrected chi connectivity index (χ4v) is 19.5. The average Bonchev–Trinajstić information content (AvgIpc) is 3.58. The minimum Gasteiger partial charge on any atom is -1.00 e. The quantitative estimate of drug-likeness (QED) is 0.0798. The summed E-state index contributed by atoms with van der Waals surface area (Å²) >= 11 is 0. The Kier molecular flexibility index (Phi) is 18.4. The Morgan fingerprint density at radius 1 is 0.270 bits per heavy atom. The first-order valence-electron chi connectivity index (χ1n) is 24.9. The van der Waals surface area contributed by atoms with E-state index in [-0.39, 0.29) is 58.9 Å². The van der Waals surface area contributed by atoms with Gasteiger partial charge in [0.15, 0.2) is 0 Å². The third-order valence-corrected chi connectivity index (χ3v) is 21.4. The molecule has 5 heteroatoms. The van der Waals surface area contributed by atoms with Crippen LogP contribution in [0.4, 0.5) is 0 Å². The zero-order valence-electron chi connectivity index (χ0n) is 44.2. The topological polar surface area (TPSA) is 0 Å². The van der Waals surface area contributed by atoms with Crippen LogP contribution in [-0.2, 0) is 21.7 Å². The molecule has 368 valence electrons. The monoisotopic (exact) mass is 1070 g/mol. The third-order valence-electron chi connectivity index (χ3n) is 15.7. The van der Waals surface area contributed by atoms with E-state index >= 15 is 0 Å². The molecule has 0 bridgehead atoms. The van der Waals surface area contributed by atoms with E-state index in [1.165, 1.54) is 143 Å². The summed E-state index contributed by atoms with van der Waals surface area (Å²) in [4.78, 5) is 0. The van der Waals surface area contributed by atoms with E-state index in [9.17, 15) is 0 Å². The molecule has 0 N–H and O–H groups in total. The number of aryl methyl sites for hydroxylation is 3. The van der Waals surface area contributed by atoms with Gasteiger partial charge in [-0.15, -0.1) is 5.19 Å². The van der Waals surface area contributed by atoms with Crippen molar-refractivity contribution in [2.75, 3.05) is 0 Å². The third kappa shape index (κ3) is 9.69. The van der Waals surface area contributed by atoms with Gasteiger partial charge in [0, 0.05) is 0 Å². The molecule has 0 spiro atoms. The summed E-state index contributed by atoms with van der Waals surface area (Å²) < 4.78 is 0. The van der Waals surface area contributed by atoms with Crippen molar-refractivity contribution in [1.29, 1.82) is 0 Å². The summed E-state index contributed by atoms with van der Waals surface area (Å²) in [5.74, 6) is 0. The Morgan fingerprint density at radius 3 is 0.689 bits per heavy atom. The first-order valence-corrected chi connectivity index (χ1v) is 26.9. The molecule has 0 saturated heterocycles. The molecule has 0 saturated carbocycles. The molecule has 0 aliphatic heterocycles. The number of benzene rings is 9. The van der Waals surface area contributed by atoms with Crippen LogP contribution in [0.15, 0.2) is 200 Å². The molecule has 0 fully saturated rings. The smallest absolute Gasteiger partial charge is 1.00 e. The van der Waals surface area contributed by atoms with Gasteiger partial charge in [0.25, 0.3) is 0 Å². The Hall–Kier alpha value is -5.87. The summed E-state index contributed by atoms with van der Waals surface area (Å²) in [6.45, 7) is 24.1. The van der Waals surface area contributed by atoms with Gasteiger partial charge in [-0.25, -0.2) is 0 Å². The van der Waals surface area contributed by atoms with Crippen molar-refractivity contribution in [2.24, 2.45) is 0 Å². The molecule has 10 aromatic carbocycles. The molecule has 0 amide bonds. The minimum absolute atomic E-state index is 0. The minimum atomic E-state index is -3.78. The Bertz CT molecular complexity index is 3190. The Morgan fingerprint density at radius 2 is 0.473 bits per heavy atom. The molecule has 0 nitrogen and oxygen atoms in total. The van der Waals surface area contributed by atoms with Crippen molar-refractivity contribution in [2.45, 2.75) is 69.2 Å². The predicted molar refractivity (Wildman–Crippen MR) is 306 cm³/mol. The summed E-state index contributed by atoms with van der Waals surface area (Å²) in [5.41, 5.74) is 28.7. The fourth-order valence-electron chi connectivity index (χ4n) is 12.6. The van der Waals surface area contributed by atoms with Crippen LogP contribution in [0.25, 0.3) is 66.8 Å².